The number of hydrogen-bond acceptors (Lipinski definition) is 3. The summed E-state index contributed by atoms with van der Waals surface area (Å²) in [6, 6.07) is 0.695. The smallest absolute Gasteiger partial charge is 0.0666 e. The minimum Gasteiger partial charge on any atom is -0.377 e. The average molecular weight is 245 g/mol. The Morgan fingerprint density at radius 1 is 1.38 bits per heavy atom. The van der Waals surface area contributed by atoms with E-state index in [1.54, 1.807) is 0 Å². The molecule has 1 rings (SSSR count). The van der Waals surface area contributed by atoms with E-state index in [1.807, 2.05) is 0 Å². The topological polar surface area (TPSA) is 21.3 Å². The maximum Gasteiger partial charge on any atom is 0.0666 e. The van der Waals surface area contributed by atoms with Gasteiger partial charge in [0.05, 0.1) is 6.10 Å². The quantitative estimate of drug-likeness (QED) is 0.745. The van der Waals surface area contributed by atoms with Crippen LogP contribution < -0.4 is 5.32 Å². The molecular formula is C13H27NOS. The molecule has 3 unspecified atom stereocenters. The van der Waals surface area contributed by atoms with Crippen molar-refractivity contribution in [3.8, 4) is 0 Å². The molecule has 96 valence electrons. The highest BCUT2D eigenvalue weighted by molar-refractivity contribution is 8.00. The van der Waals surface area contributed by atoms with Crippen molar-refractivity contribution in [2.45, 2.75) is 69.6 Å². The molecule has 1 aliphatic rings. The molecule has 0 radical (unpaired) electrons. The van der Waals surface area contributed by atoms with E-state index in [4.69, 9.17) is 4.74 Å². The number of rotatable bonds is 7. The minimum absolute atomic E-state index is 0.445. The lowest BCUT2D eigenvalue weighted by atomic mass is 10.2. The zero-order chi connectivity index (χ0) is 12.0. The van der Waals surface area contributed by atoms with Crippen LogP contribution in [0.5, 0.6) is 0 Å². The van der Waals surface area contributed by atoms with E-state index < -0.39 is 0 Å². The van der Waals surface area contributed by atoms with Gasteiger partial charge in [0, 0.05) is 29.7 Å². The van der Waals surface area contributed by atoms with Crippen molar-refractivity contribution in [2.24, 2.45) is 0 Å². The molecule has 0 aromatic rings. The summed E-state index contributed by atoms with van der Waals surface area (Å²) in [6.45, 7) is 11.1. The molecule has 0 aromatic heterocycles. The first kappa shape index (κ1) is 14.3. The van der Waals surface area contributed by atoms with Gasteiger partial charge in [0.25, 0.3) is 0 Å². The Morgan fingerprint density at radius 2 is 2.06 bits per heavy atom. The lowest BCUT2D eigenvalue weighted by molar-refractivity contribution is 0.127. The van der Waals surface area contributed by atoms with E-state index in [9.17, 15) is 0 Å². The summed E-state index contributed by atoms with van der Waals surface area (Å²) in [5.41, 5.74) is 0. The van der Waals surface area contributed by atoms with Gasteiger partial charge in [-0.25, -0.2) is 0 Å². The standard InChI is InChI=1S/C13H27NOS/c1-5-12(6-2)14-9-10(3)16-13-7-8-15-11(13)4/h10-14H,5-9H2,1-4H3. The molecule has 2 nitrogen and oxygen atoms in total. The molecular weight excluding hydrogens is 218 g/mol. The van der Waals surface area contributed by atoms with Crippen LogP contribution in [-0.4, -0.2) is 35.8 Å². The summed E-state index contributed by atoms with van der Waals surface area (Å²) in [4.78, 5) is 0. The number of hydrogen-bond donors (Lipinski definition) is 1. The number of thioether (sulfide) groups is 1. The molecule has 16 heavy (non-hydrogen) atoms. The Hall–Kier alpha value is 0.270. The van der Waals surface area contributed by atoms with Crippen LogP contribution in [0.2, 0.25) is 0 Å². The number of nitrogens with one attached hydrogen (secondary N) is 1. The summed E-state index contributed by atoms with van der Waals surface area (Å²) in [5, 5.41) is 5.04. The van der Waals surface area contributed by atoms with Crippen molar-refractivity contribution in [1.29, 1.82) is 0 Å². The third-order valence-corrected chi connectivity index (χ3v) is 4.99. The molecule has 0 aliphatic carbocycles. The monoisotopic (exact) mass is 245 g/mol. The summed E-state index contributed by atoms with van der Waals surface area (Å²) in [6.07, 6.45) is 4.13. The van der Waals surface area contributed by atoms with E-state index in [0.717, 1.165) is 13.2 Å². The van der Waals surface area contributed by atoms with Crippen LogP contribution in [-0.2, 0) is 4.74 Å². The van der Waals surface area contributed by atoms with Gasteiger partial charge >= 0.3 is 0 Å². The Kier molecular flexibility index (Phi) is 6.78. The highest BCUT2D eigenvalue weighted by Gasteiger charge is 2.26. The van der Waals surface area contributed by atoms with Gasteiger partial charge < -0.3 is 10.1 Å². The van der Waals surface area contributed by atoms with Gasteiger partial charge in [0.15, 0.2) is 0 Å². The second-order valence-corrected chi connectivity index (χ2v) is 6.45. The molecule has 0 spiro atoms. The van der Waals surface area contributed by atoms with Gasteiger partial charge in [0.1, 0.15) is 0 Å². The molecule has 1 fully saturated rings. The van der Waals surface area contributed by atoms with Gasteiger partial charge in [-0.15, -0.1) is 0 Å². The van der Waals surface area contributed by atoms with Crippen LogP contribution in [0.4, 0.5) is 0 Å². The van der Waals surface area contributed by atoms with Gasteiger partial charge in [0.2, 0.25) is 0 Å². The van der Waals surface area contributed by atoms with Crippen LogP contribution in [0, 0.1) is 0 Å². The average Bonchev–Trinajstić information content (AvgIpc) is 2.66. The van der Waals surface area contributed by atoms with E-state index in [0.29, 0.717) is 22.6 Å². The first-order valence-corrected chi connectivity index (χ1v) is 7.62. The molecule has 3 heteroatoms. The van der Waals surface area contributed by atoms with Crippen molar-refractivity contribution >= 4 is 11.8 Å². The molecule has 0 amide bonds. The second-order valence-electron chi connectivity index (χ2n) is 4.77. The third-order valence-electron chi connectivity index (χ3n) is 3.39. The van der Waals surface area contributed by atoms with Gasteiger partial charge in [-0.2, -0.15) is 11.8 Å². The second kappa shape index (κ2) is 7.57. The Bertz CT molecular complexity index is 185. The summed E-state index contributed by atoms with van der Waals surface area (Å²) in [5.74, 6) is 0. The Morgan fingerprint density at radius 3 is 2.56 bits per heavy atom. The Labute approximate surface area is 105 Å². The van der Waals surface area contributed by atoms with Gasteiger partial charge in [-0.05, 0) is 26.2 Å². The lowest BCUT2D eigenvalue weighted by Gasteiger charge is -2.22. The van der Waals surface area contributed by atoms with E-state index >= 15 is 0 Å². The lowest BCUT2D eigenvalue weighted by Crippen LogP contribution is -2.33. The highest BCUT2D eigenvalue weighted by Crippen LogP contribution is 2.29. The van der Waals surface area contributed by atoms with E-state index in [2.05, 4.69) is 44.8 Å². The summed E-state index contributed by atoms with van der Waals surface area (Å²) >= 11 is 2.09. The highest BCUT2D eigenvalue weighted by atomic mass is 32.2. The van der Waals surface area contributed by atoms with Crippen LogP contribution in [0.15, 0.2) is 0 Å². The maximum absolute atomic E-state index is 5.59. The first-order chi connectivity index (χ1) is 7.67. The fraction of sp³-hybridized carbons (Fsp3) is 1.00. The number of ether oxygens (including phenoxy) is 1. The van der Waals surface area contributed by atoms with Crippen LogP contribution in [0.3, 0.4) is 0 Å². The van der Waals surface area contributed by atoms with E-state index in [-0.39, 0.29) is 0 Å². The Balaban J connectivity index is 2.17. The predicted molar refractivity (Wildman–Crippen MR) is 73.2 cm³/mol. The van der Waals surface area contributed by atoms with Crippen LogP contribution in [0.1, 0.15) is 47.0 Å². The maximum atomic E-state index is 5.59. The molecule has 3 atom stereocenters. The summed E-state index contributed by atoms with van der Waals surface area (Å²) in [7, 11) is 0. The third kappa shape index (κ3) is 4.64. The van der Waals surface area contributed by atoms with Crippen LogP contribution >= 0.6 is 11.8 Å². The molecule has 0 bridgehead atoms. The molecule has 1 N–H and O–H groups in total. The van der Waals surface area contributed by atoms with Crippen molar-refractivity contribution in [2.75, 3.05) is 13.2 Å². The zero-order valence-electron chi connectivity index (χ0n) is 11.2. The SMILES string of the molecule is CCC(CC)NCC(C)SC1CCOC1C. The normalized spacial score (nSPS) is 27.6. The van der Waals surface area contributed by atoms with Gasteiger partial charge in [-0.1, -0.05) is 20.8 Å². The fourth-order valence-electron chi connectivity index (χ4n) is 2.15. The fourth-order valence-corrected chi connectivity index (χ4v) is 3.47. The molecule has 0 aromatic carbocycles. The van der Waals surface area contributed by atoms with Crippen molar-refractivity contribution in [1.82, 2.24) is 5.32 Å². The molecule has 1 saturated heterocycles. The molecule has 0 saturated carbocycles. The van der Waals surface area contributed by atoms with Gasteiger partial charge in [-0.3, -0.25) is 0 Å². The molecule has 1 heterocycles. The first-order valence-electron chi connectivity index (χ1n) is 6.67. The zero-order valence-corrected chi connectivity index (χ0v) is 12.0. The van der Waals surface area contributed by atoms with Crippen molar-refractivity contribution in [3.05, 3.63) is 0 Å². The molecule has 1 aliphatic heterocycles. The predicted octanol–water partition coefficient (Wildman–Crippen LogP) is 3.06. The van der Waals surface area contributed by atoms with E-state index in [1.165, 1.54) is 19.3 Å². The van der Waals surface area contributed by atoms with Crippen molar-refractivity contribution in [3.63, 3.8) is 0 Å². The largest absolute Gasteiger partial charge is 0.377 e. The minimum atomic E-state index is 0.445. The van der Waals surface area contributed by atoms with Crippen LogP contribution in [0.25, 0.3) is 0 Å². The summed E-state index contributed by atoms with van der Waals surface area (Å²) < 4.78 is 5.59. The van der Waals surface area contributed by atoms with Crippen molar-refractivity contribution < 1.29 is 4.74 Å².